The predicted molar refractivity (Wildman–Crippen MR) is 87.1 cm³/mol. The first-order chi connectivity index (χ1) is 8.97. The summed E-state index contributed by atoms with van der Waals surface area (Å²) in [4.78, 5) is 0. The van der Waals surface area contributed by atoms with Crippen LogP contribution >= 0.6 is 22.6 Å². The minimum absolute atomic E-state index is 0.197. The van der Waals surface area contributed by atoms with Crippen LogP contribution < -0.4 is 5.32 Å². The number of nitrogens with one attached hydrogen (secondary N) is 1. The zero-order valence-corrected chi connectivity index (χ0v) is 13.5. The summed E-state index contributed by atoms with van der Waals surface area (Å²) < 4.78 is 13.9. The zero-order chi connectivity index (χ0) is 14.0. The van der Waals surface area contributed by atoms with Crippen molar-refractivity contribution in [3.63, 3.8) is 0 Å². The largest absolute Gasteiger partial charge is 0.380 e. The van der Waals surface area contributed by atoms with E-state index in [0.717, 1.165) is 15.8 Å². The molecule has 2 rings (SSSR count). The molecule has 2 aromatic carbocycles. The van der Waals surface area contributed by atoms with Gasteiger partial charge in [-0.25, -0.2) is 4.39 Å². The van der Waals surface area contributed by atoms with E-state index < -0.39 is 0 Å². The summed E-state index contributed by atoms with van der Waals surface area (Å²) in [6.07, 6.45) is 0. The third-order valence-electron chi connectivity index (χ3n) is 3.35. The average molecular weight is 369 g/mol. The molecule has 0 spiro atoms. The molecule has 0 saturated carbocycles. The van der Waals surface area contributed by atoms with Gasteiger partial charge in [0.25, 0.3) is 0 Å². The molecule has 0 bridgehead atoms. The highest BCUT2D eigenvalue weighted by molar-refractivity contribution is 14.1. The summed E-state index contributed by atoms with van der Waals surface area (Å²) in [5.41, 5.74) is 6.16. The van der Waals surface area contributed by atoms with E-state index in [-0.39, 0.29) is 5.82 Å². The van der Waals surface area contributed by atoms with Crippen molar-refractivity contribution in [2.75, 3.05) is 5.32 Å². The minimum atomic E-state index is -0.197. The van der Waals surface area contributed by atoms with E-state index in [0.29, 0.717) is 0 Å². The molecular weight excluding hydrogens is 352 g/mol. The van der Waals surface area contributed by atoms with Crippen LogP contribution in [0, 0.1) is 30.2 Å². The lowest BCUT2D eigenvalue weighted by Gasteiger charge is -2.13. The van der Waals surface area contributed by atoms with Gasteiger partial charge >= 0.3 is 0 Å². The molecule has 3 heteroatoms. The topological polar surface area (TPSA) is 12.0 Å². The van der Waals surface area contributed by atoms with Crippen LogP contribution in [0.15, 0.2) is 30.3 Å². The molecule has 0 unspecified atom stereocenters. The van der Waals surface area contributed by atoms with Crippen molar-refractivity contribution in [1.29, 1.82) is 0 Å². The van der Waals surface area contributed by atoms with E-state index in [9.17, 15) is 4.39 Å². The van der Waals surface area contributed by atoms with Crippen molar-refractivity contribution >= 4 is 28.3 Å². The van der Waals surface area contributed by atoms with Gasteiger partial charge in [0.2, 0.25) is 0 Å². The van der Waals surface area contributed by atoms with Crippen molar-refractivity contribution in [1.82, 2.24) is 0 Å². The summed E-state index contributed by atoms with van der Waals surface area (Å²) in [7, 11) is 0. The monoisotopic (exact) mass is 369 g/mol. The first-order valence-electron chi connectivity index (χ1n) is 6.23. The normalized spacial score (nSPS) is 10.6. The summed E-state index contributed by atoms with van der Waals surface area (Å²) in [6, 6.07) is 9.23. The van der Waals surface area contributed by atoms with Crippen LogP contribution in [0.1, 0.15) is 22.3 Å². The maximum Gasteiger partial charge on any atom is 0.124 e. The van der Waals surface area contributed by atoms with Crippen LogP contribution in [0.2, 0.25) is 0 Å². The van der Waals surface area contributed by atoms with Crippen molar-refractivity contribution in [2.45, 2.75) is 27.3 Å². The highest BCUT2D eigenvalue weighted by Crippen LogP contribution is 2.21. The van der Waals surface area contributed by atoms with Crippen molar-refractivity contribution in [3.05, 3.63) is 62.0 Å². The minimum Gasteiger partial charge on any atom is -0.380 e. The van der Waals surface area contributed by atoms with Crippen LogP contribution in [-0.4, -0.2) is 0 Å². The van der Waals surface area contributed by atoms with E-state index in [1.165, 1.54) is 34.4 Å². The number of halogens is 2. The van der Waals surface area contributed by atoms with E-state index in [1.807, 2.05) is 0 Å². The predicted octanol–water partition coefficient (Wildman–Crippen LogP) is 4.97. The van der Waals surface area contributed by atoms with Crippen LogP contribution in [0.3, 0.4) is 0 Å². The summed E-state index contributed by atoms with van der Waals surface area (Å²) >= 11 is 2.15. The zero-order valence-electron chi connectivity index (χ0n) is 11.3. The summed E-state index contributed by atoms with van der Waals surface area (Å²) in [6.45, 7) is 7.13. The fourth-order valence-electron chi connectivity index (χ4n) is 2.03. The van der Waals surface area contributed by atoms with E-state index in [2.05, 4.69) is 60.8 Å². The molecule has 0 aliphatic rings. The number of hydrogen-bond acceptors (Lipinski definition) is 1. The SMILES string of the molecule is Cc1cc(C)c(CNc2ccc(F)cc2I)cc1C. The second kappa shape index (κ2) is 5.90. The Balaban J connectivity index is 2.16. The van der Waals surface area contributed by atoms with Crippen LogP contribution in [0.25, 0.3) is 0 Å². The Morgan fingerprint density at radius 3 is 2.37 bits per heavy atom. The smallest absolute Gasteiger partial charge is 0.124 e. The second-order valence-electron chi connectivity index (χ2n) is 4.84. The van der Waals surface area contributed by atoms with Crippen molar-refractivity contribution < 1.29 is 4.39 Å². The Morgan fingerprint density at radius 2 is 1.68 bits per heavy atom. The first-order valence-corrected chi connectivity index (χ1v) is 7.31. The van der Waals surface area contributed by atoms with Gasteiger partial charge < -0.3 is 5.32 Å². The molecule has 1 N–H and O–H groups in total. The maximum atomic E-state index is 13.0. The lowest BCUT2D eigenvalue weighted by Crippen LogP contribution is -2.04. The Kier molecular flexibility index (Phi) is 4.45. The molecule has 0 atom stereocenters. The molecule has 0 fully saturated rings. The third-order valence-corrected chi connectivity index (χ3v) is 4.25. The summed E-state index contributed by atoms with van der Waals surface area (Å²) in [5, 5.41) is 3.37. The van der Waals surface area contributed by atoms with Crippen LogP contribution in [0.5, 0.6) is 0 Å². The Hall–Kier alpha value is -1.10. The van der Waals surface area contributed by atoms with Gasteiger partial charge in [0.1, 0.15) is 5.82 Å². The van der Waals surface area contributed by atoms with Crippen molar-refractivity contribution in [3.8, 4) is 0 Å². The number of rotatable bonds is 3. The molecule has 0 aromatic heterocycles. The quantitative estimate of drug-likeness (QED) is 0.754. The van der Waals surface area contributed by atoms with Gasteiger partial charge in [-0.2, -0.15) is 0 Å². The van der Waals surface area contributed by atoms with E-state index in [1.54, 1.807) is 6.07 Å². The molecule has 19 heavy (non-hydrogen) atoms. The van der Waals surface area contributed by atoms with E-state index >= 15 is 0 Å². The lowest BCUT2D eigenvalue weighted by atomic mass is 10.0. The molecule has 0 amide bonds. The molecule has 0 aliphatic heterocycles. The van der Waals surface area contributed by atoms with Crippen LogP contribution in [-0.2, 0) is 6.54 Å². The van der Waals surface area contributed by atoms with Gasteiger partial charge in [-0.05, 0) is 83.8 Å². The Labute approximate surface area is 127 Å². The molecule has 2 aromatic rings. The number of aryl methyl sites for hydroxylation is 3. The van der Waals surface area contributed by atoms with Gasteiger partial charge in [0.15, 0.2) is 0 Å². The fraction of sp³-hybridized carbons (Fsp3) is 0.250. The Bertz CT molecular complexity index is 608. The molecule has 0 heterocycles. The van der Waals surface area contributed by atoms with Crippen molar-refractivity contribution in [2.24, 2.45) is 0 Å². The first kappa shape index (κ1) is 14.3. The average Bonchev–Trinajstić information content (AvgIpc) is 2.34. The third kappa shape index (κ3) is 3.47. The van der Waals surface area contributed by atoms with Gasteiger partial charge in [0, 0.05) is 15.8 Å². The van der Waals surface area contributed by atoms with Gasteiger partial charge in [-0.3, -0.25) is 0 Å². The number of hydrogen-bond donors (Lipinski definition) is 1. The van der Waals surface area contributed by atoms with Gasteiger partial charge in [0.05, 0.1) is 0 Å². The number of anilines is 1. The standard InChI is InChI=1S/C16H17FIN/c1-10-6-12(3)13(7-11(10)2)9-19-16-5-4-14(17)8-15(16)18/h4-8,19H,9H2,1-3H3. The van der Waals surface area contributed by atoms with E-state index in [4.69, 9.17) is 0 Å². The van der Waals surface area contributed by atoms with Crippen LogP contribution in [0.4, 0.5) is 10.1 Å². The molecule has 0 saturated heterocycles. The van der Waals surface area contributed by atoms with Gasteiger partial charge in [-0.15, -0.1) is 0 Å². The number of benzene rings is 2. The molecule has 1 nitrogen and oxygen atoms in total. The highest BCUT2D eigenvalue weighted by Gasteiger charge is 2.04. The summed E-state index contributed by atoms with van der Waals surface area (Å²) in [5.74, 6) is -0.197. The van der Waals surface area contributed by atoms with Gasteiger partial charge in [-0.1, -0.05) is 12.1 Å². The second-order valence-corrected chi connectivity index (χ2v) is 6.00. The molecular formula is C16H17FIN. The molecule has 0 aliphatic carbocycles. The fourth-order valence-corrected chi connectivity index (χ4v) is 2.70. The lowest BCUT2D eigenvalue weighted by molar-refractivity contribution is 0.627. The maximum absolute atomic E-state index is 13.0. The Morgan fingerprint density at radius 1 is 1.00 bits per heavy atom. The highest BCUT2D eigenvalue weighted by atomic mass is 127. The molecule has 100 valence electrons. The molecule has 0 radical (unpaired) electrons.